The first-order valence-corrected chi connectivity index (χ1v) is 5.50. The molecule has 1 aromatic carbocycles. The third kappa shape index (κ3) is 2.96. The van der Waals surface area contributed by atoms with Gasteiger partial charge in [-0.05, 0) is 38.9 Å². The highest BCUT2D eigenvalue weighted by Crippen LogP contribution is 2.24. The third-order valence-corrected chi connectivity index (χ3v) is 2.71. The SMILES string of the molecule is CNCCN(C)c1c(C)cc(C)cc1C. The molecule has 0 fully saturated rings. The molecular weight excluding hydrogens is 184 g/mol. The van der Waals surface area contributed by atoms with Crippen molar-refractivity contribution in [1.29, 1.82) is 0 Å². The summed E-state index contributed by atoms with van der Waals surface area (Å²) in [6, 6.07) is 4.50. The lowest BCUT2D eigenvalue weighted by atomic mass is 10.0. The first-order valence-electron chi connectivity index (χ1n) is 5.50. The highest BCUT2D eigenvalue weighted by molar-refractivity contribution is 5.59. The maximum Gasteiger partial charge on any atom is 0.0423 e. The largest absolute Gasteiger partial charge is 0.373 e. The Morgan fingerprint density at radius 3 is 2.13 bits per heavy atom. The van der Waals surface area contributed by atoms with Crippen molar-refractivity contribution in [2.45, 2.75) is 20.8 Å². The van der Waals surface area contributed by atoms with Gasteiger partial charge in [-0.2, -0.15) is 0 Å². The van der Waals surface area contributed by atoms with E-state index in [4.69, 9.17) is 0 Å². The van der Waals surface area contributed by atoms with Crippen LogP contribution in [0.25, 0.3) is 0 Å². The van der Waals surface area contributed by atoms with E-state index >= 15 is 0 Å². The second-order valence-corrected chi connectivity index (χ2v) is 4.27. The summed E-state index contributed by atoms with van der Waals surface area (Å²) in [6.07, 6.45) is 0. The molecule has 0 saturated heterocycles. The Labute approximate surface area is 93.3 Å². The topological polar surface area (TPSA) is 15.3 Å². The van der Waals surface area contributed by atoms with Crippen molar-refractivity contribution in [2.75, 3.05) is 32.1 Å². The molecule has 0 aliphatic heterocycles. The molecule has 0 unspecified atom stereocenters. The van der Waals surface area contributed by atoms with E-state index in [1.807, 2.05) is 7.05 Å². The van der Waals surface area contributed by atoms with E-state index in [0.717, 1.165) is 13.1 Å². The number of likely N-dealkylation sites (N-methyl/N-ethyl adjacent to an activating group) is 2. The minimum Gasteiger partial charge on any atom is -0.373 e. The van der Waals surface area contributed by atoms with Gasteiger partial charge in [-0.15, -0.1) is 0 Å². The van der Waals surface area contributed by atoms with E-state index in [9.17, 15) is 0 Å². The fourth-order valence-electron chi connectivity index (χ4n) is 2.17. The minimum absolute atomic E-state index is 1.02. The van der Waals surface area contributed by atoms with Gasteiger partial charge in [-0.25, -0.2) is 0 Å². The Morgan fingerprint density at radius 2 is 1.67 bits per heavy atom. The van der Waals surface area contributed by atoms with E-state index in [1.165, 1.54) is 22.4 Å². The highest BCUT2D eigenvalue weighted by Gasteiger charge is 2.07. The van der Waals surface area contributed by atoms with Gasteiger partial charge >= 0.3 is 0 Å². The van der Waals surface area contributed by atoms with Crippen LogP contribution in [0.2, 0.25) is 0 Å². The van der Waals surface area contributed by atoms with Gasteiger partial charge in [0.05, 0.1) is 0 Å². The van der Waals surface area contributed by atoms with Gasteiger partial charge in [-0.3, -0.25) is 0 Å². The van der Waals surface area contributed by atoms with Crippen LogP contribution in [-0.2, 0) is 0 Å². The number of benzene rings is 1. The summed E-state index contributed by atoms with van der Waals surface area (Å²) in [5.41, 5.74) is 5.45. The van der Waals surface area contributed by atoms with Crippen LogP contribution in [0.15, 0.2) is 12.1 Å². The Morgan fingerprint density at radius 1 is 1.13 bits per heavy atom. The lowest BCUT2D eigenvalue weighted by molar-refractivity contribution is 0.765. The fourth-order valence-corrected chi connectivity index (χ4v) is 2.17. The summed E-state index contributed by atoms with van der Waals surface area (Å²) in [7, 11) is 4.14. The summed E-state index contributed by atoms with van der Waals surface area (Å²) < 4.78 is 0. The number of nitrogens with one attached hydrogen (secondary N) is 1. The number of aryl methyl sites for hydroxylation is 3. The summed E-state index contributed by atoms with van der Waals surface area (Å²) in [5.74, 6) is 0. The molecule has 1 rings (SSSR count). The van der Waals surface area contributed by atoms with E-state index < -0.39 is 0 Å². The molecule has 0 spiro atoms. The maximum absolute atomic E-state index is 3.18. The van der Waals surface area contributed by atoms with Crippen LogP contribution in [0.5, 0.6) is 0 Å². The molecule has 0 aliphatic rings. The van der Waals surface area contributed by atoms with Crippen molar-refractivity contribution in [3.05, 3.63) is 28.8 Å². The highest BCUT2D eigenvalue weighted by atomic mass is 15.1. The monoisotopic (exact) mass is 206 g/mol. The molecular formula is C13H22N2. The first-order chi connectivity index (χ1) is 7.06. The number of hydrogen-bond acceptors (Lipinski definition) is 2. The van der Waals surface area contributed by atoms with E-state index in [0.29, 0.717) is 0 Å². The normalized spacial score (nSPS) is 10.5. The van der Waals surface area contributed by atoms with Crippen LogP contribution < -0.4 is 10.2 Å². The molecule has 2 nitrogen and oxygen atoms in total. The van der Waals surface area contributed by atoms with Crippen molar-refractivity contribution >= 4 is 5.69 Å². The Kier molecular flexibility index (Phi) is 4.15. The molecule has 0 aromatic heterocycles. The molecule has 0 atom stereocenters. The van der Waals surface area contributed by atoms with Crippen LogP contribution in [-0.4, -0.2) is 27.2 Å². The van der Waals surface area contributed by atoms with Crippen molar-refractivity contribution in [1.82, 2.24) is 5.32 Å². The quantitative estimate of drug-likeness (QED) is 0.813. The molecule has 0 saturated carbocycles. The molecule has 0 heterocycles. The predicted molar refractivity (Wildman–Crippen MR) is 67.8 cm³/mol. The molecule has 0 aliphatic carbocycles. The molecule has 0 radical (unpaired) electrons. The Bertz CT molecular complexity index is 308. The second-order valence-electron chi connectivity index (χ2n) is 4.27. The van der Waals surface area contributed by atoms with Crippen molar-refractivity contribution in [3.8, 4) is 0 Å². The van der Waals surface area contributed by atoms with E-state index in [2.05, 4.69) is 50.2 Å². The van der Waals surface area contributed by atoms with Gasteiger partial charge in [0.2, 0.25) is 0 Å². The Hall–Kier alpha value is -1.02. The average molecular weight is 206 g/mol. The molecule has 2 heteroatoms. The van der Waals surface area contributed by atoms with Crippen molar-refractivity contribution < 1.29 is 0 Å². The summed E-state index contributed by atoms with van der Waals surface area (Å²) in [4.78, 5) is 2.32. The second kappa shape index (κ2) is 5.17. The molecule has 15 heavy (non-hydrogen) atoms. The summed E-state index contributed by atoms with van der Waals surface area (Å²) >= 11 is 0. The zero-order valence-corrected chi connectivity index (χ0v) is 10.5. The summed E-state index contributed by atoms with van der Waals surface area (Å²) in [6.45, 7) is 8.58. The zero-order valence-electron chi connectivity index (χ0n) is 10.5. The van der Waals surface area contributed by atoms with Crippen LogP contribution in [0.3, 0.4) is 0 Å². The van der Waals surface area contributed by atoms with E-state index in [1.54, 1.807) is 0 Å². The van der Waals surface area contributed by atoms with Crippen LogP contribution >= 0.6 is 0 Å². The van der Waals surface area contributed by atoms with Crippen LogP contribution in [0, 0.1) is 20.8 Å². The lowest BCUT2D eigenvalue weighted by Crippen LogP contribution is -2.28. The van der Waals surface area contributed by atoms with Crippen LogP contribution in [0.1, 0.15) is 16.7 Å². The maximum atomic E-state index is 3.18. The van der Waals surface area contributed by atoms with Gasteiger partial charge in [-0.1, -0.05) is 17.7 Å². The average Bonchev–Trinajstić information content (AvgIpc) is 2.12. The molecule has 0 bridgehead atoms. The zero-order chi connectivity index (χ0) is 11.4. The smallest absolute Gasteiger partial charge is 0.0423 e. The number of rotatable bonds is 4. The summed E-state index contributed by atoms with van der Waals surface area (Å²) in [5, 5.41) is 3.18. The minimum atomic E-state index is 1.02. The van der Waals surface area contributed by atoms with Gasteiger partial charge in [0.25, 0.3) is 0 Å². The lowest BCUT2D eigenvalue weighted by Gasteiger charge is -2.24. The van der Waals surface area contributed by atoms with E-state index in [-0.39, 0.29) is 0 Å². The molecule has 0 amide bonds. The van der Waals surface area contributed by atoms with Gasteiger partial charge in [0, 0.05) is 25.8 Å². The number of nitrogens with zero attached hydrogens (tertiary/aromatic N) is 1. The van der Waals surface area contributed by atoms with Gasteiger partial charge in [0.1, 0.15) is 0 Å². The molecule has 84 valence electrons. The first kappa shape index (κ1) is 12.1. The van der Waals surface area contributed by atoms with Crippen molar-refractivity contribution in [3.63, 3.8) is 0 Å². The molecule has 1 N–H and O–H groups in total. The van der Waals surface area contributed by atoms with Crippen LogP contribution in [0.4, 0.5) is 5.69 Å². The van der Waals surface area contributed by atoms with Crippen molar-refractivity contribution in [2.24, 2.45) is 0 Å². The Balaban J connectivity index is 2.92. The number of anilines is 1. The van der Waals surface area contributed by atoms with Gasteiger partial charge in [0.15, 0.2) is 0 Å². The third-order valence-electron chi connectivity index (χ3n) is 2.71. The fraction of sp³-hybridized carbons (Fsp3) is 0.538. The van der Waals surface area contributed by atoms with Gasteiger partial charge < -0.3 is 10.2 Å². The predicted octanol–water partition coefficient (Wildman–Crippen LogP) is 2.27. The molecule has 1 aromatic rings. The number of hydrogen-bond donors (Lipinski definition) is 1. The standard InChI is InChI=1S/C13H22N2/c1-10-8-11(2)13(12(3)9-10)15(5)7-6-14-4/h8-9,14H,6-7H2,1-5H3.